The second-order valence-corrected chi connectivity index (χ2v) is 4.73. The minimum atomic E-state index is -0.0798. The van der Waals surface area contributed by atoms with Crippen LogP contribution in [-0.4, -0.2) is 39.4 Å². The van der Waals surface area contributed by atoms with Crippen LogP contribution in [-0.2, 0) is 0 Å². The van der Waals surface area contributed by atoms with Gasteiger partial charge in [0, 0.05) is 38.0 Å². The third-order valence-corrected chi connectivity index (χ3v) is 2.96. The Morgan fingerprint density at radius 3 is 2.68 bits per heavy atom. The maximum atomic E-state index is 12.2. The van der Waals surface area contributed by atoms with Crippen molar-refractivity contribution in [2.75, 3.05) is 13.6 Å². The maximum absolute atomic E-state index is 12.2. The SMILES string of the molecule is CN(CCC(N)=S)C(=O)c1ccc2nccnc2c1. The minimum absolute atomic E-state index is 0.0798. The Morgan fingerprint density at radius 2 is 2.00 bits per heavy atom. The molecule has 0 atom stereocenters. The summed E-state index contributed by atoms with van der Waals surface area (Å²) in [4.78, 5) is 22.5. The Bertz CT molecular complexity index is 629. The average Bonchev–Trinajstić information content (AvgIpc) is 2.43. The molecule has 5 nitrogen and oxygen atoms in total. The van der Waals surface area contributed by atoms with Gasteiger partial charge in [0.15, 0.2) is 0 Å². The van der Waals surface area contributed by atoms with Gasteiger partial charge in [0.05, 0.1) is 16.0 Å². The Hall–Kier alpha value is -2.08. The molecule has 0 saturated heterocycles. The first-order chi connectivity index (χ1) is 9.08. The van der Waals surface area contributed by atoms with E-state index in [4.69, 9.17) is 18.0 Å². The third kappa shape index (κ3) is 3.23. The van der Waals surface area contributed by atoms with Gasteiger partial charge in [-0.2, -0.15) is 0 Å². The van der Waals surface area contributed by atoms with Crippen LogP contribution in [0.1, 0.15) is 16.8 Å². The Morgan fingerprint density at radius 1 is 1.32 bits per heavy atom. The molecule has 2 rings (SSSR count). The van der Waals surface area contributed by atoms with Gasteiger partial charge < -0.3 is 10.6 Å². The number of amides is 1. The summed E-state index contributed by atoms with van der Waals surface area (Å²) < 4.78 is 0. The lowest BCUT2D eigenvalue weighted by Crippen LogP contribution is -2.30. The molecular formula is C13H14N4OS. The molecule has 1 aromatic carbocycles. The summed E-state index contributed by atoms with van der Waals surface area (Å²) in [6.07, 6.45) is 3.75. The largest absolute Gasteiger partial charge is 0.393 e. The van der Waals surface area contributed by atoms with Crippen LogP contribution in [0.3, 0.4) is 0 Å². The summed E-state index contributed by atoms with van der Waals surface area (Å²) in [6.45, 7) is 0.507. The molecule has 0 aliphatic rings. The molecule has 0 aliphatic carbocycles. The molecule has 0 saturated carbocycles. The second-order valence-electron chi connectivity index (χ2n) is 4.20. The number of hydrogen-bond acceptors (Lipinski definition) is 4. The Kier molecular flexibility index (Phi) is 4.01. The van der Waals surface area contributed by atoms with Crippen LogP contribution in [0.15, 0.2) is 30.6 Å². The standard InChI is InChI=1S/C13H14N4OS/c1-17(7-4-12(14)19)13(18)9-2-3-10-11(8-9)16-6-5-15-10/h2-3,5-6,8H,4,7H2,1H3,(H2,14,19). The predicted octanol–water partition coefficient (Wildman–Crippen LogP) is 1.38. The molecule has 1 amide bonds. The summed E-state index contributed by atoms with van der Waals surface area (Å²) in [5, 5.41) is 0. The summed E-state index contributed by atoms with van der Waals surface area (Å²) in [6, 6.07) is 5.27. The van der Waals surface area contributed by atoms with Crippen molar-refractivity contribution in [3.05, 3.63) is 36.2 Å². The zero-order chi connectivity index (χ0) is 13.8. The highest BCUT2D eigenvalue weighted by Crippen LogP contribution is 2.12. The molecule has 0 fully saturated rings. The van der Waals surface area contributed by atoms with Crippen molar-refractivity contribution >= 4 is 34.1 Å². The molecule has 0 radical (unpaired) electrons. The number of carbonyl (C=O) groups excluding carboxylic acids is 1. The summed E-state index contributed by atoms with van der Waals surface area (Å²) in [7, 11) is 1.72. The maximum Gasteiger partial charge on any atom is 0.253 e. The molecule has 0 bridgehead atoms. The van der Waals surface area contributed by atoms with Gasteiger partial charge in [-0.1, -0.05) is 12.2 Å². The number of rotatable bonds is 4. The predicted molar refractivity (Wildman–Crippen MR) is 77.9 cm³/mol. The first-order valence-corrected chi connectivity index (χ1v) is 6.23. The number of nitrogens with two attached hydrogens (primary N) is 1. The van der Waals surface area contributed by atoms with Crippen molar-refractivity contribution in [3.63, 3.8) is 0 Å². The van der Waals surface area contributed by atoms with E-state index in [1.807, 2.05) is 0 Å². The van der Waals surface area contributed by atoms with Crippen LogP contribution < -0.4 is 5.73 Å². The highest BCUT2D eigenvalue weighted by Gasteiger charge is 2.12. The average molecular weight is 274 g/mol. The molecule has 2 N–H and O–H groups in total. The number of hydrogen-bond donors (Lipinski definition) is 1. The van der Waals surface area contributed by atoms with E-state index in [1.54, 1.807) is 42.5 Å². The lowest BCUT2D eigenvalue weighted by atomic mass is 10.1. The smallest absolute Gasteiger partial charge is 0.253 e. The molecule has 0 unspecified atom stereocenters. The fourth-order valence-electron chi connectivity index (χ4n) is 1.70. The van der Waals surface area contributed by atoms with Crippen molar-refractivity contribution in [1.82, 2.24) is 14.9 Å². The van der Waals surface area contributed by atoms with E-state index in [9.17, 15) is 4.79 Å². The normalized spacial score (nSPS) is 10.4. The Labute approximate surface area is 116 Å². The molecule has 0 aliphatic heterocycles. The summed E-state index contributed by atoms with van der Waals surface area (Å²) in [5.41, 5.74) is 7.48. The van der Waals surface area contributed by atoms with Crippen LogP contribution in [0.5, 0.6) is 0 Å². The van der Waals surface area contributed by atoms with Gasteiger partial charge in [0.1, 0.15) is 0 Å². The van der Waals surface area contributed by atoms with Gasteiger partial charge in [0.25, 0.3) is 5.91 Å². The van der Waals surface area contributed by atoms with E-state index in [-0.39, 0.29) is 5.91 Å². The number of thiocarbonyl (C=S) groups is 1. The number of benzene rings is 1. The van der Waals surface area contributed by atoms with Crippen LogP contribution in [0.4, 0.5) is 0 Å². The minimum Gasteiger partial charge on any atom is -0.393 e. The van der Waals surface area contributed by atoms with E-state index >= 15 is 0 Å². The first kappa shape index (κ1) is 13.4. The van der Waals surface area contributed by atoms with Gasteiger partial charge in [-0.15, -0.1) is 0 Å². The Balaban J connectivity index is 2.19. The van der Waals surface area contributed by atoms with E-state index in [2.05, 4.69) is 9.97 Å². The number of aromatic nitrogens is 2. The zero-order valence-electron chi connectivity index (χ0n) is 10.5. The molecule has 19 heavy (non-hydrogen) atoms. The lowest BCUT2D eigenvalue weighted by molar-refractivity contribution is 0.0799. The molecule has 2 aromatic rings. The molecular weight excluding hydrogens is 260 g/mol. The summed E-state index contributed by atoms with van der Waals surface area (Å²) >= 11 is 4.80. The zero-order valence-corrected chi connectivity index (χ0v) is 11.4. The van der Waals surface area contributed by atoms with Crippen molar-refractivity contribution in [2.24, 2.45) is 5.73 Å². The van der Waals surface area contributed by atoms with Crippen molar-refractivity contribution in [1.29, 1.82) is 0 Å². The quantitative estimate of drug-likeness (QED) is 0.853. The van der Waals surface area contributed by atoms with Crippen molar-refractivity contribution in [3.8, 4) is 0 Å². The van der Waals surface area contributed by atoms with E-state index in [1.165, 1.54) is 0 Å². The van der Waals surface area contributed by atoms with Gasteiger partial charge in [0.2, 0.25) is 0 Å². The molecule has 1 heterocycles. The van der Waals surface area contributed by atoms with E-state index in [0.717, 1.165) is 5.52 Å². The van der Waals surface area contributed by atoms with Crippen LogP contribution >= 0.6 is 12.2 Å². The summed E-state index contributed by atoms with van der Waals surface area (Å²) in [5.74, 6) is -0.0798. The van der Waals surface area contributed by atoms with Gasteiger partial charge in [-0.25, -0.2) is 0 Å². The van der Waals surface area contributed by atoms with Gasteiger partial charge >= 0.3 is 0 Å². The highest BCUT2D eigenvalue weighted by atomic mass is 32.1. The number of nitrogens with zero attached hydrogens (tertiary/aromatic N) is 3. The topological polar surface area (TPSA) is 72.1 Å². The van der Waals surface area contributed by atoms with Crippen LogP contribution in [0.2, 0.25) is 0 Å². The molecule has 98 valence electrons. The van der Waals surface area contributed by atoms with Crippen LogP contribution in [0, 0.1) is 0 Å². The lowest BCUT2D eigenvalue weighted by Gasteiger charge is -2.16. The van der Waals surface area contributed by atoms with Gasteiger partial charge in [-0.3, -0.25) is 14.8 Å². The first-order valence-electron chi connectivity index (χ1n) is 5.82. The van der Waals surface area contributed by atoms with Crippen molar-refractivity contribution < 1.29 is 4.79 Å². The molecule has 0 spiro atoms. The van der Waals surface area contributed by atoms with Crippen LogP contribution in [0.25, 0.3) is 11.0 Å². The second kappa shape index (κ2) is 5.71. The van der Waals surface area contributed by atoms with Gasteiger partial charge in [-0.05, 0) is 18.2 Å². The number of fused-ring (bicyclic) bond motifs is 1. The number of carbonyl (C=O) groups is 1. The third-order valence-electron chi connectivity index (χ3n) is 2.76. The van der Waals surface area contributed by atoms with Crippen molar-refractivity contribution in [2.45, 2.75) is 6.42 Å². The fraction of sp³-hybridized carbons (Fsp3) is 0.231. The van der Waals surface area contributed by atoms with E-state index < -0.39 is 0 Å². The monoisotopic (exact) mass is 274 g/mol. The van der Waals surface area contributed by atoms with E-state index in [0.29, 0.717) is 29.0 Å². The molecule has 1 aromatic heterocycles. The highest BCUT2D eigenvalue weighted by molar-refractivity contribution is 7.80. The fourth-order valence-corrected chi connectivity index (χ4v) is 1.79. The molecule has 6 heteroatoms.